The van der Waals surface area contributed by atoms with Crippen LogP contribution >= 0.6 is 0 Å². The molecule has 2 aromatic rings. The second-order valence-electron chi connectivity index (χ2n) is 4.32. The van der Waals surface area contributed by atoms with E-state index in [1.807, 2.05) is 0 Å². The van der Waals surface area contributed by atoms with Gasteiger partial charge in [-0.1, -0.05) is 0 Å². The van der Waals surface area contributed by atoms with Gasteiger partial charge >= 0.3 is 6.03 Å². The molecule has 10 heteroatoms. The van der Waals surface area contributed by atoms with Gasteiger partial charge in [-0.15, -0.1) is 0 Å². The number of anilines is 2. The van der Waals surface area contributed by atoms with Crippen LogP contribution in [-0.2, 0) is 0 Å². The largest absolute Gasteiger partial charge is 0.368 e. The van der Waals surface area contributed by atoms with Gasteiger partial charge in [-0.2, -0.15) is 20.1 Å². The predicted molar refractivity (Wildman–Crippen MR) is 76.9 cm³/mol. The maximum Gasteiger partial charge on any atom is 0.316 e. The number of nitrogens with one attached hydrogen (secondary N) is 2. The van der Waals surface area contributed by atoms with Gasteiger partial charge in [-0.25, -0.2) is 9.48 Å². The van der Waals surface area contributed by atoms with Crippen LogP contribution in [-0.4, -0.2) is 62.8 Å². The summed E-state index contributed by atoms with van der Waals surface area (Å²) in [6, 6.07) is 1.59. The van der Waals surface area contributed by atoms with Gasteiger partial charge in [0.2, 0.25) is 11.9 Å². The quantitative estimate of drug-likeness (QED) is 0.623. The van der Waals surface area contributed by atoms with E-state index in [9.17, 15) is 4.79 Å². The molecule has 0 atom stereocenters. The molecule has 0 saturated heterocycles. The molecule has 2 rings (SSSR count). The molecular formula is C11H17N9O. The van der Waals surface area contributed by atoms with Gasteiger partial charge in [-0.05, 0) is 6.07 Å². The Morgan fingerprint density at radius 1 is 1.33 bits per heavy atom. The average molecular weight is 291 g/mol. The Morgan fingerprint density at radius 2 is 2.14 bits per heavy atom. The fourth-order valence-corrected chi connectivity index (χ4v) is 1.45. The van der Waals surface area contributed by atoms with Crippen molar-refractivity contribution in [2.75, 3.05) is 38.2 Å². The first-order valence-corrected chi connectivity index (χ1v) is 6.27. The zero-order chi connectivity index (χ0) is 15.2. The molecule has 112 valence electrons. The van der Waals surface area contributed by atoms with E-state index < -0.39 is 0 Å². The first-order chi connectivity index (χ1) is 10.1. The summed E-state index contributed by atoms with van der Waals surface area (Å²) in [6.45, 7) is 0.890. The smallest absolute Gasteiger partial charge is 0.316 e. The van der Waals surface area contributed by atoms with E-state index in [0.717, 1.165) is 0 Å². The van der Waals surface area contributed by atoms with Gasteiger partial charge in [0, 0.05) is 39.6 Å². The summed E-state index contributed by atoms with van der Waals surface area (Å²) in [5.74, 6) is 0.745. The van der Waals surface area contributed by atoms with Crippen LogP contribution in [0.4, 0.5) is 16.7 Å². The van der Waals surface area contributed by atoms with Gasteiger partial charge < -0.3 is 21.3 Å². The fraction of sp³-hybridized carbons (Fsp3) is 0.364. The lowest BCUT2D eigenvalue weighted by Gasteiger charge is -2.12. The molecule has 0 bridgehead atoms. The second kappa shape index (κ2) is 6.50. The van der Waals surface area contributed by atoms with Crippen molar-refractivity contribution in [2.24, 2.45) is 0 Å². The number of aromatic nitrogens is 5. The number of nitrogen functional groups attached to an aromatic ring is 1. The highest BCUT2D eigenvalue weighted by Gasteiger charge is 2.06. The van der Waals surface area contributed by atoms with Crippen molar-refractivity contribution in [3.8, 4) is 5.95 Å². The van der Waals surface area contributed by atoms with Crippen LogP contribution in [0, 0.1) is 0 Å². The number of urea groups is 1. The number of carbonyl (C=O) groups is 1. The highest BCUT2D eigenvalue weighted by molar-refractivity contribution is 5.73. The summed E-state index contributed by atoms with van der Waals surface area (Å²) in [7, 11) is 3.34. The third-order valence-electron chi connectivity index (χ3n) is 2.44. The topological polar surface area (TPSA) is 127 Å². The zero-order valence-electron chi connectivity index (χ0n) is 11.8. The third-order valence-corrected chi connectivity index (χ3v) is 2.44. The van der Waals surface area contributed by atoms with Gasteiger partial charge in [0.25, 0.3) is 5.95 Å². The SMILES string of the molecule is CN(C)C(=O)NCCNc1nc(N)nc(-n2cccn2)n1. The Morgan fingerprint density at radius 3 is 2.81 bits per heavy atom. The summed E-state index contributed by atoms with van der Waals surface area (Å²) in [5.41, 5.74) is 5.64. The Labute approximate surface area is 121 Å². The molecule has 4 N–H and O–H groups in total. The van der Waals surface area contributed by atoms with Gasteiger partial charge in [0.15, 0.2) is 0 Å². The van der Waals surface area contributed by atoms with Crippen molar-refractivity contribution >= 4 is 17.9 Å². The zero-order valence-corrected chi connectivity index (χ0v) is 11.8. The lowest BCUT2D eigenvalue weighted by Crippen LogP contribution is -2.37. The van der Waals surface area contributed by atoms with Crippen LogP contribution in [0.2, 0.25) is 0 Å². The number of nitrogens with two attached hydrogens (primary N) is 1. The highest BCUT2D eigenvalue weighted by Crippen LogP contribution is 2.05. The normalized spacial score (nSPS) is 10.2. The Bertz CT molecular complexity index is 596. The lowest BCUT2D eigenvalue weighted by molar-refractivity contribution is 0.218. The predicted octanol–water partition coefficient (Wildman–Crippen LogP) is -0.677. The molecule has 0 fully saturated rings. The van der Waals surface area contributed by atoms with E-state index in [-0.39, 0.29) is 12.0 Å². The number of amides is 2. The van der Waals surface area contributed by atoms with E-state index in [2.05, 4.69) is 30.7 Å². The molecule has 2 amide bonds. The first kappa shape index (κ1) is 14.5. The minimum atomic E-state index is -0.163. The molecule has 0 unspecified atom stereocenters. The average Bonchev–Trinajstić information content (AvgIpc) is 2.96. The number of hydrogen-bond acceptors (Lipinski definition) is 7. The first-order valence-electron chi connectivity index (χ1n) is 6.27. The second-order valence-corrected chi connectivity index (χ2v) is 4.32. The molecule has 0 spiro atoms. The van der Waals surface area contributed by atoms with Gasteiger partial charge in [0.1, 0.15) is 0 Å². The van der Waals surface area contributed by atoms with Gasteiger partial charge in [0.05, 0.1) is 0 Å². The van der Waals surface area contributed by atoms with Crippen molar-refractivity contribution < 1.29 is 4.79 Å². The molecule has 2 aromatic heterocycles. The maximum absolute atomic E-state index is 11.3. The lowest BCUT2D eigenvalue weighted by atomic mass is 10.6. The summed E-state index contributed by atoms with van der Waals surface area (Å²) in [4.78, 5) is 25.0. The van der Waals surface area contributed by atoms with E-state index in [0.29, 0.717) is 25.0 Å². The molecule has 21 heavy (non-hydrogen) atoms. The van der Waals surface area contributed by atoms with Crippen LogP contribution < -0.4 is 16.4 Å². The standard InChI is InChI=1S/C11H17N9O/c1-19(2)11(21)14-6-5-13-9-16-8(12)17-10(18-9)20-7-3-4-15-20/h3-4,7H,5-6H2,1-2H3,(H,14,21)(H3,12,13,16,17,18). The maximum atomic E-state index is 11.3. The monoisotopic (exact) mass is 291 g/mol. The van der Waals surface area contributed by atoms with Crippen molar-refractivity contribution in [3.05, 3.63) is 18.5 Å². The van der Waals surface area contributed by atoms with Crippen LogP contribution in [0.15, 0.2) is 18.5 Å². The van der Waals surface area contributed by atoms with Crippen molar-refractivity contribution in [2.45, 2.75) is 0 Å². The third kappa shape index (κ3) is 4.03. The summed E-state index contributed by atoms with van der Waals surface area (Å²) in [5, 5.41) is 9.70. The highest BCUT2D eigenvalue weighted by atomic mass is 16.2. The minimum absolute atomic E-state index is 0.0929. The summed E-state index contributed by atoms with van der Waals surface area (Å²) < 4.78 is 1.48. The number of carbonyl (C=O) groups excluding carboxylic acids is 1. The number of hydrogen-bond donors (Lipinski definition) is 3. The molecule has 0 aliphatic carbocycles. The molecule has 0 radical (unpaired) electrons. The van der Waals surface area contributed by atoms with E-state index >= 15 is 0 Å². The van der Waals surface area contributed by atoms with Crippen LogP contribution in [0.3, 0.4) is 0 Å². The molecule has 0 aliphatic rings. The van der Waals surface area contributed by atoms with Crippen molar-refractivity contribution in [1.82, 2.24) is 34.9 Å². The number of nitrogens with zero attached hydrogens (tertiary/aromatic N) is 6. The van der Waals surface area contributed by atoms with E-state index in [1.54, 1.807) is 32.6 Å². The van der Waals surface area contributed by atoms with Crippen LogP contribution in [0.5, 0.6) is 0 Å². The summed E-state index contributed by atoms with van der Waals surface area (Å²) >= 11 is 0. The molecule has 2 heterocycles. The van der Waals surface area contributed by atoms with Crippen molar-refractivity contribution in [1.29, 1.82) is 0 Å². The van der Waals surface area contributed by atoms with E-state index in [4.69, 9.17) is 5.73 Å². The van der Waals surface area contributed by atoms with Gasteiger partial charge in [-0.3, -0.25) is 0 Å². The molecule has 0 aliphatic heterocycles. The summed E-state index contributed by atoms with van der Waals surface area (Å²) in [6.07, 6.45) is 3.32. The fourth-order valence-electron chi connectivity index (χ4n) is 1.45. The molecular weight excluding hydrogens is 274 g/mol. The van der Waals surface area contributed by atoms with Crippen LogP contribution in [0.25, 0.3) is 5.95 Å². The molecule has 0 saturated carbocycles. The Balaban J connectivity index is 1.93. The van der Waals surface area contributed by atoms with Crippen molar-refractivity contribution in [3.63, 3.8) is 0 Å². The Kier molecular flexibility index (Phi) is 4.49. The molecule has 0 aromatic carbocycles. The van der Waals surface area contributed by atoms with Crippen LogP contribution in [0.1, 0.15) is 0 Å². The minimum Gasteiger partial charge on any atom is -0.368 e. The number of rotatable bonds is 5. The molecule has 10 nitrogen and oxygen atoms in total. The van der Waals surface area contributed by atoms with E-state index in [1.165, 1.54) is 9.58 Å². The Hall–Kier alpha value is -2.91.